The molecule has 0 amide bonds. The Hall–Kier alpha value is -0.630. The Balaban J connectivity index is 2.22. The molecule has 1 fully saturated rings. The van der Waals surface area contributed by atoms with Gasteiger partial charge in [-0.25, -0.2) is 0 Å². The molecule has 0 aromatic heterocycles. The van der Waals surface area contributed by atoms with Crippen molar-refractivity contribution in [3.05, 3.63) is 0 Å². The van der Waals surface area contributed by atoms with Gasteiger partial charge in [-0.1, -0.05) is 13.8 Å². The summed E-state index contributed by atoms with van der Waals surface area (Å²) in [6, 6.07) is 2.17. The van der Waals surface area contributed by atoms with E-state index in [-0.39, 0.29) is 6.10 Å². The summed E-state index contributed by atoms with van der Waals surface area (Å²) in [5.74, 6) is 0.627. The van der Waals surface area contributed by atoms with Gasteiger partial charge in [-0.2, -0.15) is 5.26 Å². The first-order valence-corrected chi connectivity index (χ1v) is 5.70. The molecule has 86 valence electrons. The van der Waals surface area contributed by atoms with Crippen LogP contribution < -0.4 is 5.32 Å². The molecule has 0 aliphatic carbocycles. The minimum absolute atomic E-state index is 0.231. The number of rotatable bonds is 5. The zero-order valence-electron chi connectivity index (χ0n) is 9.70. The molecule has 0 bridgehead atoms. The van der Waals surface area contributed by atoms with E-state index in [1.807, 2.05) is 0 Å². The van der Waals surface area contributed by atoms with Gasteiger partial charge in [0, 0.05) is 19.6 Å². The minimum Gasteiger partial charge on any atom is -0.361 e. The Labute approximate surface area is 92.2 Å². The molecule has 1 N–H and O–H groups in total. The van der Waals surface area contributed by atoms with Crippen LogP contribution >= 0.6 is 0 Å². The first-order chi connectivity index (χ1) is 7.26. The molecule has 0 spiro atoms. The van der Waals surface area contributed by atoms with Crippen molar-refractivity contribution in [1.29, 1.82) is 5.26 Å². The second-order valence-electron chi connectivity index (χ2n) is 4.16. The highest BCUT2D eigenvalue weighted by molar-refractivity contribution is 4.89. The van der Waals surface area contributed by atoms with E-state index in [1.165, 1.54) is 0 Å². The van der Waals surface area contributed by atoms with Crippen LogP contribution in [0.2, 0.25) is 0 Å². The summed E-state index contributed by atoms with van der Waals surface area (Å²) < 4.78 is 5.30. The molecule has 2 unspecified atom stereocenters. The molecular weight excluding hydrogens is 190 g/mol. The number of nitrogens with one attached hydrogen (secondary N) is 1. The molecule has 4 heteroatoms. The number of morpholine rings is 1. The van der Waals surface area contributed by atoms with Crippen molar-refractivity contribution in [2.24, 2.45) is 5.92 Å². The van der Waals surface area contributed by atoms with Crippen LogP contribution in [-0.4, -0.2) is 50.3 Å². The lowest BCUT2D eigenvalue weighted by molar-refractivity contribution is -0.00409. The Morgan fingerprint density at radius 2 is 2.47 bits per heavy atom. The van der Waals surface area contributed by atoms with Crippen molar-refractivity contribution >= 4 is 0 Å². The second-order valence-corrected chi connectivity index (χ2v) is 4.16. The van der Waals surface area contributed by atoms with E-state index in [0.29, 0.717) is 12.5 Å². The van der Waals surface area contributed by atoms with Crippen LogP contribution in [0.4, 0.5) is 0 Å². The highest BCUT2D eigenvalue weighted by atomic mass is 16.5. The van der Waals surface area contributed by atoms with E-state index in [9.17, 15) is 0 Å². The van der Waals surface area contributed by atoms with Crippen LogP contribution in [0.1, 0.15) is 13.8 Å². The van der Waals surface area contributed by atoms with Crippen LogP contribution in [-0.2, 0) is 4.74 Å². The summed E-state index contributed by atoms with van der Waals surface area (Å²) in [6.07, 6.45) is -0.231. The van der Waals surface area contributed by atoms with Gasteiger partial charge in [-0.15, -0.1) is 0 Å². The van der Waals surface area contributed by atoms with Crippen molar-refractivity contribution in [2.45, 2.75) is 20.0 Å². The standard InChI is InChI=1S/C11H21N3O/c1-3-13-7-10(2)8-14-4-5-15-11(6-12)9-14/h10-11,13H,3-5,7-9H2,1-2H3. The van der Waals surface area contributed by atoms with Gasteiger partial charge in [0.1, 0.15) is 0 Å². The quantitative estimate of drug-likeness (QED) is 0.717. The van der Waals surface area contributed by atoms with Crippen LogP contribution in [0.5, 0.6) is 0 Å². The molecule has 1 rings (SSSR count). The van der Waals surface area contributed by atoms with Crippen LogP contribution in [0.3, 0.4) is 0 Å². The lowest BCUT2D eigenvalue weighted by atomic mass is 10.1. The molecule has 0 aromatic carbocycles. The summed E-state index contributed by atoms with van der Waals surface area (Å²) in [6.45, 7) is 9.87. The molecule has 15 heavy (non-hydrogen) atoms. The van der Waals surface area contributed by atoms with Gasteiger partial charge in [0.2, 0.25) is 0 Å². The average molecular weight is 211 g/mol. The van der Waals surface area contributed by atoms with Crippen molar-refractivity contribution in [3.63, 3.8) is 0 Å². The lowest BCUT2D eigenvalue weighted by Crippen LogP contribution is -2.44. The predicted molar refractivity (Wildman–Crippen MR) is 59.5 cm³/mol. The third kappa shape index (κ3) is 4.61. The molecule has 0 aromatic rings. The van der Waals surface area contributed by atoms with E-state index in [2.05, 4.69) is 30.1 Å². The molecule has 1 aliphatic heterocycles. The van der Waals surface area contributed by atoms with Gasteiger partial charge < -0.3 is 10.1 Å². The Morgan fingerprint density at radius 3 is 3.13 bits per heavy atom. The van der Waals surface area contributed by atoms with Crippen molar-refractivity contribution in [1.82, 2.24) is 10.2 Å². The van der Waals surface area contributed by atoms with Gasteiger partial charge in [-0.05, 0) is 19.0 Å². The summed E-state index contributed by atoms with van der Waals surface area (Å²) in [5, 5.41) is 12.1. The molecular formula is C11H21N3O. The van der Waals surface area contributed by atoms with E-state index in [4.69, 9.17) is 10.00 Å². The molecule has 0 saturated carbocycles. The third-order valence-electron chi connectivity index (χ3n) is 2.61. The summed E-state index contributed by atoms with van der Waals surface area (Å²) in [4.78, 5) is 2.32. The van der Waals surface area contributed by atoms with Crippen LogP contribution in [0.15, 0.2) is 0 Å². The average Bonchev–Trinajstić information content (AvgIpc) is 2.26. The van der Waals surface area contributed by atoms with Crippen LogP contribution in [0, 0.1) is 17.2 Å². The summed E-state index contributed by atoms with van der Waals surface area (Å²) in [7, 11) is 0. The number of hydrogen-bond acceptors (Lipinski definition) is 4. The molecule has 1 heterocycles. The maximum atomic E-state index is 8.77. The van der Waals surface area contributed by atoms with Gasteiger partial charge in [-0.3, -0.25) is 4.90 Å². The monoisotopic (exact) mass is 211 g/mol. The largest absolute Gasteiger partial charge is 0.361 e. The van der Waals surface area contributed by atoms with E-state index >= 15 is 0 Å². The maximum Gasteiger partial charge on any atom is 0.156 e. The molecule has 2 atom stereocenters. The zero-order chi connectivity index (χ0) is 11.1. The zero-order valence-corrected chi connectivity index (χ0v) is 9.70. The molecule has 1 aliphatic rings. The topological polar surface area (TPSA) is 48.3 Å². The van der Waals surface area contributed by atoms with Crippen molar-refractivity contribution < 1.29 is 4.74 Å². The first kappa shape index (κ1) is 12.4. The highest BCUT2D eigenvalue weighted by Gasteiger charge is 2.20. The Bertz CT molecular complexity index is 214. The fourth-order valence-corrected chi connectivity index (χ4v) is 1.84. The van der Waals surface area contributed by atoms with E-state index < -0.39 is 0 Å². The fraction of sp³-hybridized carbons (Fsp3) is 0.909. The Kier molecular flexibility index (Phi) is 5.62. The molecule has 4 nitrogen and oxygen atoms in total. The Morgan fingerprint density at radius 1 is 1.67 bits per heavy atom. The maximum absolute atomic E-state index is 8.77. The van der Waals surface area contributed by atoms with Crippen molar-refractivity contribution in [2.75, 3.05) is 39.3 Å². The van der Waals surface area contributed by atoms with Crippen molar-refractivity contribution in [3.8, 4) is 6.07 Å². The van der Waals surface area contributed by atoms with Crippen LogP contribution in [0.25, 0.3) is 0 Å². The summed E-state index contributed by atoms with van der Waals surface area (Å²) >= 11 is 0. The minimum atomic E-state index is -0.231. The van der Waals surface area contributed by atoms with Gasteiger partial charge in [0.25, 0.3) is 0 Å². The van der Waals surface area contributed by atoms with E-state index in [0.717, 1.165) is 32.7 Å². The highest BCUT2D eigenvalue weighted by Crippen LogP contribution is 2.07. The molecule has 0 radical (unpaired) electrons. The summed E-state index contributed by atoms with van der Waals surface area (Å²) in [5.41, 5.74) is 0. The van der Waals surface area contributed by atoms with E-state index in [1.54, 1.807) is 0 Å². The smallest absolute Gasteiger partial charge is 0.156 e. The fourth-order valence-electron chi connectivity index (χ4n) is 1.84. The van der Waals surface area contributed by atoms with Gasteiger partial charge in [0.05, 0.1) is 12.7 Å². The normalized spacial score (nSPS) is 24.7. The van der Waals surface area contributed by atoms with Gasteiger partial charge >= 0.3 is 0 Å². The molecule has 1 saturated heterocycles. The lowest BCUT2D eigenvalue weighted by Gasteiger charge is -2.31. The van der Waals surface area contributed by atoms with Gasteiger partial charge in [0.15, 0.2) is 6.10 Å². The first-order valence-electron chi connectivity index (χ1n) is 5.70. The number of nitrogens with zero attached hydrogens (tertiary/aromatic N) is 2. The number of ether oxygens (including phenoxy) is 1. The third-order valence-corrected chi connectivity index (χ3v) is 2.61. The predicted octanol–water partition coefficient (Wildman–Crippen LogP) is 0.456. The SMILES string of the molecule is CCNCC(C)CN1CCOC(C#N)C1. The number of hydrogen-bond donors (Lipinski definition) is 1. The number of nitriles is 1. The second kappa shape index (κ2) is 6.78.